The third-order valence-electron chi connectivity index (χ3n) is 6.21. The molecule has 0 saturated heterocycles. The SMILES string of the molecule is C[C@@H](OC(=O)C12C[C@@H]3C[C@@H](CC(Cl)(C3)C1)C2)C(=O)Nc1ccccc1F. The predicted molar refractivity (Wildman–Crippen MR) is 96.3 cm³/mol. The van der Waals surface area contributed by atoms with E-state index < -0.39 is 23.2 Å². The maximum atomic E-state index is 13.7. The van der Waals surface area contributed by atoms with Crippen molar-refractivity contribution in [2.75, 3.05) is 5.32 Å². The third kappa shape index (κ3) is 3.11. The van der Waals surface area contributed by atoms with Gasteiger partial charge in [-0.1, -0.05) is 12.1 Å². The van der Waals surface area contributed by atoms with Crippen molar-refractivity contribution < 1.29 is 18.7 Å². The smallest absolute Gasteiger partial charge is 0.312 e. The highest BCUT2D eigenvalue weighted by Crippen LogP contribution is 2.64. The van der Waals surface area contributed by atoms with E-state index in [4.69, 9.17) is 16.3 Å². The van der Waals surface area contributed by atoms with Crippen LogP contribution in [0.5, 0.6) is 0 Å². The van der Waals surface area contributed by atoms with Gasteiger partial charge in [-0.05, 0) is 69.4 Å². The van der Waals surface area contributed by atoms with Gasteiger partial charge in [0.2, 0.25) is 0 Å². The first-order valence-electron chi connectivity index (χ1n) is 9.24. The number of amides is 1. The van der Waals surface area contributed by atoms with E-state index >= 15 is 0 Å². The first-order valence-corrected chi connectivity index (χ1v) is 9.62. The van der Waals surface area contributed by atoms with Crippen LogP contribution in [0.4, 0.5) is 10.1 Å². The Morgan fingerprint density at radius 2 is 1.88 bits per heavy atom. The molecule has 4 nitrogen and oxygen atoms in total. The van der Waals surface area contributed by atoms with Crippen molar-refractivity contribution in [2.24, 2.45) is 17.3 Å². The first-order chi connectivity index (χ1) is 12.3. The molecule has 1 N–H and O–H groups in total. The van der Waals surface area contributed by atoms with Gasteiger partial charge in [0.1, 0.15) is 5.82 Å². The summed E-state index contributed by atoms with van der Waals surface area (Å²) in [6, 6.07) is 5.91. The average Bonchev–Trinajstić information content (AvgIpc) is 2.54. The van der Waals surface area contributed by atoms with Gasteiger partial charge in [-0.2, -0.15) is 0 Å². The van der Waals surface area contributed by atoms with Gasteiger partial charge < -0.3 is 10.1 Å². The van der Waals surface area contributed by atoms with Crippen LogP contribution in [0.2, 0.25) is 0 Å². The Hall–Kier alpha value is -1.62. The quantitative estimate of drug-likeness (QED) is 0.627. The molecule has 4 aliphatic carbocycles. The Bertz CT molecular complexity index is 738. The number of carbonyl (C=O) groups excluding carboxylic acids is 2. The van der Waals surface area contributed by atoms with E-state index in [1.54, 1.807) is 12.1 Å². The zero-order chi connectivity index (χ0) is 18.5. The molecule has 0 heterocycles. The van der Waals surface area contributed by atoms with Crippen molar-refractivity contribution in [3.8, 4) is 0 Å². The summed E-state index contributed by atoms with van der Waals surface area (Å²) in [4.78, 5) is 25.0. The molecule has 5 atom stereocenters. The van der Waals surface area contributed by atoms with Crippen LogP contribution >= 0.6 is 11.6 Å². The molecular formula is C20H23ClFNO3. The topological polar surface area (TPSA) is 55.4 Å². The van der Waals surface area contributed by atoms with Crippen molar-refractivity contribution in [2.45, 2.75) is 56.4 Å². The lowest BCUT2D eigenvalue weighted by atomic mass is 9.49. The van der Waals surface area contributed by atoms with Gasteiger partial charge in [-0.3, -0.25) is 9.59 Å². The fourth-order valence-corrected chi connectivity index (χ4v) is 6.22. The van der Waals surface area contributed by atoms with Gasteiger partial charge in [0.25, 0.3) is 5.91 Å². The van der Waals surface area contributed by atoms with Crippen LogP contribution in [0.25, 0.3) is 0 Å². The second kappa shape index (κ2) is 6.22. The number of anilines is 1. The lowest BCUT2D eigenvalue weighted by Gasteiger charge is -2.58. The van der Waals surface area contributed by atoms with Crippen molar-refractivity contribution in [3.63, 3.8) is 0 Å². The molecule has 0 aromatic heterocycles. The molecule has 5 rings (SSSR count). The predicted octanol–water partition coefficient (Wildman–Crippen LogP) is 4.27. The number of nitrogens with one attached hydrogen (secondary N) is 1. The molecular weight excluding hydrogens is 357 g/mol. The lowest BCUT2D eigenvalue weighted by molar-refractivity contribution is -0.176. The summed E-state index contributed by atoms with van der Waals surface area (Å²) in [5.41, 5.74) is -0.479. The van der Waals surface area contributed by atoms with Gasteiger partial charge in [0.15, 0.2) is 6.10 Å². The summed E-state index contributed by atoms with van der Waals surface area (Å²) in [5.74, 6) is -0.432. The van der Waals surface area contributed by atoms with E-state index in [-0.39, 0.29) is 16.5 Å². The Balaban J connectivity index is 1.43. The van der Waals surface area contributed by atoms with Crippen LogP contribution in [-0.2, 0) is 14.3 Å². The van der Waals surface area contributed by atoms with E-state index in [0.29, 0.717) is 18.3 Å². The zero-order valence-electron chi connectivity index (χ0n) is 14.8. The number of ether oxygens (including phenoxy) is 1. The summed E-state index contributed by atoms with van der Waals surface area (Å²) in [6.45, 7) is 1.52. The average molecular weight is 380 g/mol. The minimum absolute atomic E-state index is 0.0786. The fourth-order valence-electron chi connectivity index (χ4n) is 5.53. The number of hydrogen-bond donors (Lipinski definition) is 1. The van der Waals surface area contributed by atoms with Crippen molar-refractivity contribution in [3.05, 3.63) is 30.1 Å². The van der Waals surface area contributed by atoms with E-state index in [2.05, 4.69) is 5.32 Å². The van der Waals surface area contributed by atoms with Crippen LogP contribution in [-0.4, -0.2) is 22.9 Å². The standard InChI is InChI=1S/C20H23ClFNO3/c1-12(17(24)23-16-5-3-2-4-15(16)22)26-18(25)19-7-13-6-14(8-19)10-20(21,9-13)11-19/h2-5,12-14H,6-11H2,1H3,(H,23,24)/t12-,13-,14+,19?,20?/m1/s1. The Morgan fingerprint density at radius 3 is 2.50 bits per heavy atom. The molecule has 1 aromatic carbocycles. The number of hydrogen-bond acceptors (Lipinski definition) is 3. The van der Waals surface area contributed by atoms with Gasteiger partial charge in [-0.15, -0.1) is 11.6 Å². The number of benzene rings is 1. The number of para-hydroxylation sites is 1. The second-order valence-electron chi connectivity index (χ2n) is 8.41. The highest BCUT2D eigenvalue weighted by molar-refractivity contribution is 6.24. The molecule has 4 fully saturated rings. The Labute approximate surface area is 157 Å². The minimum Gasteiger partial charge on any atom is -0.452 e. The highest BCUT2D eigenvalue weighted by atomic mass is 35.5. The van der Waals surface area contributed by atoms with Crippen LogP contribution in [0.1, 0.15) is 45.4 Å². The second-order valence-corrected chi connectivity index (χ2v) is 9.21. The van der Waals surface area contributed by atoms with Gasteiger partial charge in [-0.25, -0.2) is 4.39 Å². The Kier molecular flexibility index (Phi) is 4.25. The number of halogens is 2. The fraction of sp³-hybridized carbons (Fsp3) is 0.600. The van der Waals surface area contributed by atoms with Gasteiger partial charge >= 0.3 is 5.97 Å². The molecule has 0 radical (unpaired) electrons. The molecule has 140 valence electrons. The molecule has 0 spiro atoms. The summed E-state index contributed by atoms with van der Waals surface area (Å²) in [7, 11) is 0. The molecule has 4 saturated carbocycles. The molecule has 6 heteroatoms. The number of carbonyl (C=O) groups is 2. The normalized spacial score (nSPS) is 35.8. The number of alkyl halides is 1. The zero-order valence-corrected chi connectivity index (χ0v) is 15.5. The van der Waals surface area contributed by atoms with Crippen molar-refractivity contribution in [1.29, 1.82) is 0 Å². The maximum absolute atomic E-state index is 13.7. The number of rotatable bonds is 4. The summed E-state index contributed by atoms with van der Waals surface area (Å²) in [5, 5.41) is 2.48. The van der Waals surface area contributed by atoms with Crippen LogP contribution < -0.4 is 5.32 Å². The van der Waals surface area contributed by atoms with Crippen molar-refractivity contribution in [1.82, 2.24) is 0 Å². The molecule has 1 amide bonds. The first kappa shape index (κ1) is 17.8. The maximum Gasteiger partial charge on any atom is 0.312 e. The van der Waals surface area contributed by atoms with Crippen LogP contribution in [0.3, 0.4) is 0 Å². The molecule has 1 aromatic rings. The summed E-state index contributed by atoms with van der Waals surface area (Å²) >= 11 is 6.76. The summed E-state index contributed by atoms with van der Waals surface area (Å²) in [6.07, 6.45) is 4.35. The van der Waals surface area contributed by atoms with E-state index in [0.717, 1.165) is 32.1 Å². The molecule has 26 heavy (non-hydrogen) atoms. The van der Waals surface area contributed by atoms with E-state index in [9.17, 15) is 14.0 Å². The largest absolute Gasteiger partial charge is 0.452 e. The molecule has 4 bridgehead atoms. The van der Waals surface area contributed by atoms with E-state index in [1.807, 2.05) is 0 Å². The monoisotopic (exact) mass is 379 g/mol. The van der Waals surface area contributed by atoms with Crippen molar-refractivity contribution >= 4 is 29.2 Å². The lowest BCUT2D eigenvalue weighted by Crippen LogP contribution is -2.57. The van der Waals surface area contributed by atoms with E-state index in [1.165, 1.54) is 19.1 Å². The summed E-state index contributed by atoms with van der Waals surface area (Å²) < 4.78 is 19.2. The van der Waals surface area contributed by atoms with Gasteiger partial charge in [0, 0.05) is 4.87 Å². The minimum atomic E-state index is -0.985. The van der Waals surface area contributed by atoms with Crippen LogP contribution in [0.15, 0.2) is 24.3 Å². The number of esters is 1. The molecule has 0 aliphatic heterocycles. The van der Waals surface area contributed by atoms with Gasteiger partial charge in [0.05, 0.1) is 11.1 Å². The third-order valence-corrected chi connectivity index (χ3v) is 6.65. The van der Waals surface area contributed by atoms with Crippen LogP contribution in [0, 0.1) is 23.1 Å². The molecule has 4 aliphatic rings. The highest BCUT2D eigenvalue weighted by Gasteiger charge is 2.61. The molecule has 2 unspecified atom stereocenters. The Morgan fingerprint density at radius 1 is 1.23 bits per heavy atom.